The lowest BCUT2D eigenvalue weighted by atomic mass is 9.79. The average molecular weight is 324 g/mol. The first-order chi connectivity index (χ1) is 11.8. The van der Waals surface area contributed by atoms with Crippen LogP contribution in [0.4, 0.5) is 0 Å². The Morgan fingerprint density at radius 3 is 2.75 bits per heavy atom. The fourth-order valence-corrected chi connectivity index (χ4v) is 3.88. The minimum atomic E-state index is 0.0237. The van der Waals surface area contributed by atoms with E-state index in [1.807, 2.05) is 11.0 Å². The van der Waals surface area contributed by atoms with Crippen LogP contribution in [-0.2, 0) is 0 Å². The summed E-state index contributed by atoms with van der Waals surface area (Å²) in [5, 5.41) is 4.01. The van der Waals surface area contributed by atoms with Crippen molar-refractivity contribution in [2.45, 2.75) is 44.4 Å². The Hall–Kier alpha value is -2.10. The van der Waals surface area contributed by atoms with Gasteiger partial charge >= 0.3 is 0 Å². The van der Waals surface area contributed by atoms with Crippen LogP contribution in [-0.4, -0.2) is 29.1 Å². The fraction of sp³-hybridized carbons (Fsp3) is 0.500. The minimum absolute atomic E-state index is 0.0237. The largest absolute Gasteiger partial charge is 0.360 e. The number of hydrogen-bond acceptors (Lipinski definition) is 3. The molecule has 0 bridgehead atoms. The Balaban J connectivity index is 1.46. The maximum Gasteiger partial charge on any atom is 0.276 e. The van der Waals surface area contributed by atoms with Crippen molar-refractivity contribution in [3.05, 3.63) is 53.4 Å². The number of carbonyl (C=O) groups is 1. The molecule has 2 fully saturated rings. The number of rotatable bonds is 4. The Morgan fingerprint density at radius 2 is 2.04 bits per heavy atom. The summed E-state index contributed by atoms with van der Waals surface area (Å²) in [6.45, 7) is 3.82. The lowest BCUT2D eigenvalue weighted by molar-refractivity contribution is 0.0635. The summed E-state index contributed by atoms with van der Waals surface area (Å²) in [6.07, 6.45) is 4.41. The molecule has 1 saturated carbocycles. The van der Waals surface area contributed by atoms with Gasteiger partial charge in [0.15, 0.2) is 5.69 Å². The minimum Gasteiger partial charge on any atom is -0.360 e. The zero-order valence-electron chi connectivity index (χ0n) is 14.1. The Morgan fingerprint density at radius 1 is 1.25 bits per heavy atom. The second-order valence-electron chi connectivity index (χ2n) is 7.11. The van der Waals surface area contributed by atoms with Crippen LogP contribution in [0.15, 0.2) is 40.9 Å². The van der Waals surface area contributed by atoms with Crippen LogP contribution >= 0.6 is 0 Å². The molecule has 24 heavy (non-hydrogen) atoms. The summed E-state index contributed by atoms with van der Waals surface area (Å²) in [4.78, 5) is 14.7. The number of hydrogen-bond donors (Lipinski definition) is 0. The molecule has 2 atom stereocenters. The number of carbonyl (C=O) groups excluding carboxylic acids is 1. The third-order valence-corrected chi connectivity index (χ3v) is 5.50. The molecule has 2 heterocycles. The van der Waals surface area contributed by atoms with E-state index in [4.69, 9.17) is 4.52 Å². The number of nitrogens with zero attached hydrogens (tertiary/aromatic N) is 2. The van der Waals surface area contributed by atoms with Crippen LogP contribution in [0.1, 0.15) is 66.3 Å². The molecule has 1 aliphatic heterocycles. The molecule has 2 aliphatic rings. The zero-order chi connectivity index (χ0) is 16.5. The molecule has 1 saturated heterocycles. The first kappa shape index (κ1) is 15.4. The van der Waals surface area contributed by atoms with Crippen molar-refractivity contribution in [1.82, 2.24) is 10.1 Å². The standard InChI is InChI=1S/C20H24N2O2/c1-2-14-13-22(11-10-17(14)15-6-4-3-5-7-15)20(23)18-12-19(24-21-18)16-8-9-16/h3-7,12,14,16-17H,2,8-11,13H2,1H3. The molecule has 1 aromatic carbocycles. The van der Waals surface area contributed by atoms with Gasteiger partial charge in [0.1, 0.15) is 5.76 Å². The van der Waals surface area contributed by atoms with Crippen LogP contribution in [0.5, 0.6) is 0 Å². The molecule has 0 spiro atoms. The van der Waals surface area contributed by atoms with Crippen molar-refractivity contribution in [1.29, 1.82) is 0 Å². The van der Waals surface area contributed by atoms with Gasteiger partial charge in [-0.1, -0.05) is 48.8 Å². The van der Waals surface area contributed by atoms with Gasteiger partial charge in [0.2, 0.25) is 0 Å². The molecule has 126 valence electrons. The van der Waals surface area contributed by atoms with E-state index in [-0.39, 0.29) is 5.91 Å². The second kappa shape index (κ2) is 6.42. The van der Waals surface area contributed by atoms with Gasteiger partial charge in [-0.05, 0) is 36.7 Å². The van der Waals surface area contributed by atoms with E-state index in [9.17, 15) is 4.79 Å². The Kier molecular flexibility index (Phi) is 4.13. The smallest absolute Gasteiger partial charge is 0.276 e. The molecule has 4 rings (SSSR count). The SMILES string of the molecule is CCC1CN(C(=O)c2cc(C3CC3)on2)CCC1c1ccccc1. The molecular weight excluding hydrogens is 300 g/mol. The van der Waals surface area contributed by atoms with Gasteiger partial charge in [0.05, 0.1) is 0 Å². The molecule has 0 radical (unpaired) electrons. The summed E-state index contributed by atoms with van der Waals surface area (Å²) in [6, 6.07) is 12.5. The van der Waals surface area contributed by atoms with Crippen molar-refractivity contribution < 1.29 is 9.32 Å². The molecule has 1 aromatic heterocycles. The molecule has 2 unspecified atom stereocenters. The van der Waals surface area contributed by atoms with E-state index in [1.165, 1.54) is 5.56 Å². The number of piperidine rings is 1. The van der Waals surface area contributed by atoms with Crippen molar-refractivity contribution in [2.75, 3.05) is 13.1 Å². The van der Waals surface area contributed by atoms with E-state index in [0.717, 1.165) is 44.5 Å². The summed E-state index contributed by atoms with van der Waals surface area (Å²) in [7, 11) is 0. The molecule has 1 amide bonds. The quantitative estimate of drug-likeness (QED) is 0.846. The number of aromatic nitrogens is 1. The molecule has 2 aromatic rings. The maximum absolute atomic E-state index is 12.8. The highest BCUT2D eigenvalue weighted by atomic mass is 16.5. The fourth-order valence-electron chi connectivity index (χ4n) is 3.88. The van der Waals surface area contributed by atoms with E-state index in [2.05, 4.69) is 42.4 Å². The first-order valence-electron chi connectivity index (χ1n) is 9.07. The van der Waals surface area contributed by atoms with Crippen LogP contribution in [0.25, 0.3) is 0 Å². The lowest BCUT2D eigenvalue weighted by Crippen LogP contribution is -2.43. The number of amides is 1. The third-order valence-electron chi connectivity index (χ3n) is 5.50. The third kappa shape index (κ3) is 2.97. The summed E-state index contributed by atoms with van der Waals surface area (Å²) in [5.74, 6) is 2.44. The van der Waals surface area contributed by atoms with Crippen molar-refractivity contribution in [3.63, 3.8) is 0 Å². The van der Waals surface area contributed by atoms with E-state index in [0.29, 0.717) is 23.4 Å². The maximum atomic E-state index is 12.8. The summed E-state index contributed by atoms with van der Waals surface area (Å²) in [5.41, 5.74) is 1.87. The second-order valence-corrected chi connectivity index (χ2v) is 7.11. The van der Waals surface area contributed by atoms with Crippen molar-refractivity contribution in [3.8, 4) is 0 Å². The first-order valence-corrected chi connectivity index (χ1v) is 9.07. The summed E-state index contributed by atoms with van der Waals surface area (Å²) < 4.78 is 5.35. The highest BCUT2D eigenvalue weighted by molar-refractivity contribution is 5.92. The van der Waals surface area contributed by atoms with Gasteiger partial charge in [-0.3, -0.25) is 4.79 Å². The van der Waals surface area contributed by atoms with Crippen LogP contribution in [0, 0.1) is 5.92 Å². The predicted octanol–water partition coefficient (Wildman–Crippen LogP) is 4.21. The molecule has 1 aliphatic carbocycles. The number of likely N-dealkylation sites (tertiary alicyclic amines) is 1. The van der Waals surface area contributed by atoms with Crippen LogP contribution < -0.4 is 0 Å². The van der Waals surface area contributed by atoms with Gasteiger partial charge in [-0.2, -0.15) is 0 Å². The molecule has 4 nitrogen and oxygen atoms in total. The molecule has 4 heteroatoms. The highest BCUT2D eigenvalue weighted by Crippen LogP contribution is 2.40. The lowest BCUT2D eigenvalue weighted by Gasteiger charge is -2.38. The van der Waals surface area contributed by atoms with E-state index < -0.39 is 0 Å². The normalized spacial score (nSPS) is 24.1. The van der Waals surface area contributed by atoms with Gasteiger partial charge < -0.3 is 9.42 Å². The predicted molar refractivity (Wildman–Crippen MR) is 92.0 cm³/mol. The van der Waals surface area contributed by atoms with Crippen LogP contribution in [0.3, 0.4) is 0 Å². The van der Waals surface area contributed by atoms with Crippen molar-refractivity contribution in [2.24, 2.45) is 5.92 Å². The molecular formula is C20H24N2O2. The van der Waals surface area contributed by atoms with Gasteiger partial charge in [0, 0.05) is 25.1 Å². The topological polar surface area (TPSA) is 46.3 Å². The Labute approximate surface area is 142 Å². The monoisotopic (exact) mass is 324 g/mol. The van der Waals surface area contributed by atoms with Crippen molar-refractivity contribution >= 4 is 5.91 Å². The Bertz CT molecular complexity index is 705. The van der Waals surface area contributed by atoms with E-state index >= 15 is 0 Å². The number of benzene rings is 1. The van der Waals surface area contributed by atoms with Gasteiger partial charge in [-0.15, -0.1) is 0 Å². The van der Waals surface area contributed by atoms with E-state index in [1.54, 1.807) is 0 Å². The van der Waals surface area contributed by atoms with Gasteiger partial charge in [0.25, 0.3) is 5.91 Å². The highest BCUT2D eigenvalue weighted by Gasteiger charge is 2.34. The average Bonchev–Trinajstić information content (AvgIpc) is 3.38. The van der Waals surface area contributed by atoms with Gasteiger partial charge in [-0.25, -0.2) is 0 Å². The molecule has 0 N–H and O–H groups in total. The summed E-state index contributed by atoms with van der Waals surface area (Å²) >= 11 is 0. The van der Waals surface area contributed by atoms with Crippen LogP contribution in [0.2, 0.25) is 0 Å². The zero-order valence-corrected chi connectivity index (χ0v) is 14.1.